The van der Waals surface area contributed by atoms with Gasteiger partial charge in [-0.25, -0.2) is 0 Å². The Morgan fingerprint density at radius 2 is 2.08 bits per heavy atom. The van der Waals surface area contributed by atoms with Crippen LogP contribution in [0.25, 0.3) is 10.9 Å². The molecule has 0 amide bonds. The lowest BCUT2D eigenvalue weighted by Crippen LogP contribution is -2.54. The molecule has 0 saturated heterocycles. The molecule has 1 aromatic carbocycles. The van der Waals surface area contributed by atoms with Crippen molar-refractivity contribution in [3.05, 3.63) is 35.5 Å². The van der Waals surface area contributed by atoms with Crippen molar-refractivity contribution in [2.45, 2.75) is 63.3 Å². The van der Waals surface area contributed by atoms with E-state index in [1.165, 1.54) is 22.0 Å². The topological polar surface area (TPSA) is 28.1 Å². The number of hydrogen-bond donors (Lipinski definition) is 1. The molecule has 3 heteroatoms. The van der Waals surface area contributed by atoms with Gasteiger partial charge < -0.3 is 4.98 Å². The zero-order chi connectivity index (χ0) is 17.3. The van der Waals surface area contributed by atoms with E-state index in [-0.39, 0.29) is 22.2 Å². The van der Waals surface area contributed by atoms with Crippen LogP contribution >= 0.6 is 11.6 Å². The zero-order valence-corrected chi connectivity index (χ0v) is 15.8. The predicted molar refractivity (Wildman–Crippen MR) is 104 cm³/mol. The molecule has 2 aromatic rings. The Balaban J connectivity index is 2.01. The molecule has 1 fully saturated rings. The van der Waals surface area contributed by atoms with E-state index in [9.17, 15) is 0 Å². The lowest BCUT2D eigenvalue weighted by molar-refractivity contribution is 0.0745. The van der Waals surface area contributed by atoms with Crippen LogP contribution in [0, 0.1) is 11.3 Å². The van der Waals surface area contributed by atoms with Crippen molar-refractivity contribution in [2.75, 3.05) is 0 Å². The number of hydrogen-bond acceptors (Lipinski definition) is 1. The first-order chi connectivity index (χ1) is 11.4. The summed E-state index contributed by atoms with van der Waals surface area (Å²) in [6.45, 7) is 13.3. The van der Waals surface area contributed by atoms with Crippen LogP contribution in [0.5, 0.6) is 0 Å². The molecule has 2 aliphatic rings. The molecule has 2 nitrogen and oxygen atoms in total. The fraction of sp³-hybridized carbons (Fsp3) is 0.571. The van der Waals surface area contributed by atoms with Gasteiger partial charge in [0.25, 0.3) is 0 Å². The Morgan fingerprint density at radius 1 is 1.33 bits per heavy atom. The number of rotatable bonds is 2. The molecule has 1 saturated carbocycles. The summed E-state index contributed by atoms with van der Waals surface area (Å²) in [5.74, 6) is 0.880. The summed E-state index contributed by atoms with van der Waals surface area (Å²) in [6.07, 6.45) is 4.28. The lowest BCUT2D eigenvalue weighted by Gasteiger charge is -2.56. The molecule has 24 heavy (non-hydrogen) atoms. The Bertz CT molecular complexity index is 805. The quantitative estimate of drug-likeness (QED) is 0.539. The molecule has 1 aromatic heterocycles. The number of halogens is 1. The van der Waals surface area contributed by atoms with E-state index in [4.69, 9.17) is 11.6 Å². The first kappa shape index (κ1) is 16.2. The normalized spacial score (nSPS) is 37.2. The van der Waals surface area contributed by atoms with E-state index < -0.39 is 0 Å². The summed E-state index contributed by atoms with van der Waals surface area (Å²) in [5, 5.41) is 1.54. The van der Waals surface area contributed by atoms with Crippen molar-refractivity contribution in [3.8, 4) is 0 Å². The lowest BCUT2D eigenvalue weighted by atomic mass is 9.50. The standard InChI is InChI=1S/C21H27ClN2/c1-6-21(4)16(22)10-14-18(19(21)23-5)12-11-24-15-9-7-8-13(17(12)15)20(14,2)3/h7-9,11,14,16,18-19,24H,5-6,10H2,1-4H3. The van der Waals surface area contributed by atoms with Crippen LogP contribution in [0.2, 0.25) is 0 Å². The van der Waals surface area contributed by atoms with E-state index in [2.05, 4.69) is 68.8 Å². The molecule has 128 valence electrons. The minimum Gasteiger partial charge on any atom is -0.361 e. The highest BCUT2D eigenvalue weighted by molar-refractivity contribution is 6.21. The number of benzene rings is 1. The maximum Gasteiger partial charge on any atom is 0.0632 e. The van der Waals surface area contributed by atoms with Crippen molar-refractivity contribution in [1.82, 2.24) is 4.98 Å². The highest BCUT2D eigenvalue weighted by atomic mass is 35.5. The van der Waals surface area contributed by atoms with Gasteiger partial charge in [0.2, 0.25) is 0 Å². The molecular formula is C21H27ClN2. The number of aliphatic imine (C=N–C) groups is 1. The minimum absolute atomic E-state index is 0.00354. The fourth-order valence-electron chi connectivity index (χ4n) is 5.55. The average Bonchev–Trinajstić information content (AvgIpc) is 2.99. The Hall–Kier alpha value is -1.28. The van der Waals surface area contributed by atoms with Crippen LogP contribution in [0.4, 0.5) is 0 Å². The van der Waals surface area contributed by atoms with Crippen LogP contribution in [0.1, 0.15) is 57.6 Å². The van der Waals surface area contributed by atoms with Crippen LogP contribution in [-0.2, 0) is 5.41 Å². The van der Waals surface area contributed by atoms with Crippen molar-refractivity contribution in [3.63, 3.8) is 0 Å². The van der Waals surface area contributed by atoms with Crippen LogP contribution in [-0.4, -0.2) is 23.1 Å². The van der Waals surface area contributed by atoms with Gasteiger partial charge in [0, 0.05) is 33.8 Å². The third kappa shape index (κ3) is 1.81. The maximum absolute atomic E-state index is 6.95. The molecular weight excluding hydrogens is 316 g/mol. The first-order valence-corrected chi connectivity index (χ1v) is 9.50. The number of nitrogens with one attached hydrogen (secondary N) is 1. The van der Waals surface area contributed by atoms with Crippen molar-refractivity contribution < 1.29 is 0 Å². The van der Waals surface area contributed by atoms with Gasteiger partial charge in [-0.3, -0.25) is 4.99 Å². The summed E-state index contributed by atoms with van der Waals surface area (Å²) < 4.78 is 0. The Labute approximate surface area is 149 Å². The van der Waals surface area contributed by atoms with Crippen molar-refractivity contribution in [2.24, 2.45) is 16.3 Å². The highest BCUT2D eigenvalue weighted by Gasteiger charge is 2.57. The molecule has 1 N–H and O–H groups in total. The summed E-state index contributed by atoms with van der Waals surface area (Å²) >= 11 is 6.95. The maximum atomic E-state index is 6.95. The van der Waals surface area contributed by atoms with Crippen molar-refractivity contribution >= 4 is 29.2 Å². The predicted octanol–water partition coefficient (Wildman–Crippen LogP) is 5.66. The highest BCUT2D eigenvalue weighted by Crippen LogP contribution is 2.61. The SMILES string of the molecule is C=NC1C2c3c[nH]c4cccc(c34)C(C)(C)C2CC(Cl)C1(C)CC. The molecule has 0 bridgehead atoms. The fourth-order valence-corrected chi connectivity index (χ4v) is 6.02. The smallest absolute Gasteiger partial charge is 0.0632 e. The third-order valence-electron chi connectivity index (χ3n) is 7.30. The number of aromatic amines is 1. The summed E-state index contributed by atoms with van der Waals surface area (Å²) in [7, 11) is 0. The van der Waals surface area contributed by atoms with Gasteiger partial charge in [-0.05, 0) is 48.1 Å². The number of alkyl halides is 1. The van der Waals surface area contributed by atoms with Crippen molar-refractivity contribution in [1.29, 1.82) is 0 Å². The summed E-state index contributed by atoms with van der Waals surface area (Å²) in [5.41, 5.74) is 4.19. The van der Waals surface area contributed by atoms with Gasteiger partial charge in [-0.1, -0.05) is 39.8 Å². The van der Waals surface area contributed by atoms with Gasteiger partial charge in [-0.15, -0.1) is 11.6 Å². The van der Waals surface area contributed by atoms with E-state index in [1.54, 1.807) is 0 Å². The number of fused-ring (bicyclic) bond motifs is 2. The minimum atomic E-state index is -0.00354. The molecule has 2 aliphatic carbocycles. The number of H-pyrrole nitrogens is 1. The monoisotopic (exact) mass is 342 g/mol. The molecule has 0 radical (unpaired) electrons. The average molecular weight is 343 g/mol. The second-order valence-corrected chi connectivity index (χ2v) is 9.04. The second-order valence-electron chi connectivity index (χ2n) is 8.52. The van der Waals surface area contributed by atoms with Crippen LogP contribution in [0.15, 0.2) is 29.4 Å². The first-order valence-electron chi connectivity index (χ1n) is 9.06. The van der Waals surface area contributed by atoms with Crippen LogP contribution < -0.4 is 0 Å². The van der Waals surface area contributed by atoms with Gasteiger partial charge in [0.15, 0.2) is 0 Å². The molecule has 0 aliphatic heterocycles. The van der Waals surface area contributed by atoms with Gasteiger partial charge in [-0.2, -0.15) is 0 Å². The molecule has 5 unspecified atom stereocenters. The summed E-state index contributed by atoms with van der Waals surface area (Å²) in [6, 6.07) is 6.81. The van der Waals surface area contributed by atoms with Gasteiger partial charge in [0.05, 0.1) is 6.04 Å². The molecule has 0 spiro atoms. The van der Waals surface area contributed by atoms with Crippen LogP contribution in [0.3, 0.4) is 0 Å². The summed E-state index contributed by atoms with van der Waals surface area (Å²) in [4.78, 5) is 8.16. The zero-order valence-electron chi connectivity index (χ0n) is 15.1. The van der Waals surface area contributed by atoms with E-state index in [1.807, 2.05) is 0 Å². The van der Waals surface area contributed by atoms with E-state index in [0.717, 1.165) is 12.8 Å². The Kier molecular flexibility index (Phi) is 3.45. The van der Waals surface area contributed by atoms with E-state index >= 15 is 0 Å². The van der Waals surface area contributed by atoms with Gasteiger partial charge >= 0.3 is 0 Å². The molecule has 4 rings (SSSR count). The molecule has 5 atom stereocenters. The number of aromatic nitrogens is 1. The largest absolute Gasteiger partial charge is 0.361 e. The molecule has 1 heterocycles. The van der Waals surface area contributed by atoms with E-state index in [0.29, 0.717) is 11.8 Å². The Morgan fingerprint density at radius 3 is 2.75 bits per heavy atom. The second kappa shape index (κ2) is 5.11. The third-order valence-corrected chi connectivity index (χ3v) is 7.98. The van der Waals surface area contributed by atoms with Gasteiger partial charge in [0.1, 0.15) is 0 Å². The number of nitrogens with zero attached hydrogens (tertiary/aromatic N) is 1.